The molecule has 6 nitrogen and oxygen atoms in total. The number of nitriles is 1. The summed E-state index contributed by atoms with van der Waals surface area (Å²) in [5.74, 6) is -0.670. The van der Waals surface area contributed by atoms with E-state index in [1.807, 2.05) is 38.1 Å². The third kappa shape index (κ3) is 7.18. The van der Waals surface area contributed by atoms with Crippen LogP contribution in [-0.4, -0.2) is 18.4 Å². The summed E-state index contributed by atoms with van der Waals surface area (Å²) in [4.78, 5) is 25.2. The molecule has 0 radical (unpaired) electrons. The van der Waals surface area contributed by atoms with E-state index in [1.54, 1.807) is 36.4 Å². The van der Waals surface area contributed by atoms with Crippen molar-refractivity contribution in [3.8, 4) is 11.8 Å². The highest BCUT2D eigenvalue weighted by Gasteiger charge is 2.16. The number of carbonyl (C=O) groups excluding carboxylic acids is 2. The Hall–Kier alpha value is -3.12. The van der Waals surface area contributed by atoms with E-state index in [1.165, 1.54) is 6.08 Å². The van der Waals surface area contributed by atoms with Crippen LogP contribution in [0, 0.1) is 25.2 Å². The molecule has 3 rings (SSSR count). The first-order valence-electron chi connectivity index (χ1n) is 10.3. The van der Waals surface area contributed by atoms with Crippen molar-refractivity contribution in [2.24, 2.45) is 0 Å². The number of anilines is 2. The number of para-hydroxylation sites is 1. The lowest BCUT2D eigenvalue weighted by Gasteiger charge is -2.14. The molecular formula is C26H20Br2ClN3O3. The number of rotatable bonds is 7. The van der Waals surface area contributed by atoms with Gasteiger partial charge >= 0.3 is 0 Å². The SMILES string of the molecule is Cc1ccc(NC(=O)COc2c(Br)cc(Br)cc2/C=C(\C#N)C(=O)Nc2ccccc2Cl)c(C)c1. The van der Waals surface area contributed by atoms with E-state index in [2.05, 4.69) is 42.5 Å². The largest absolute Gasteiger partial charge is 0.482 e. The van der Waals surface area contributed by atoms with Crippen molar-refractivity contribution in [3.05, 3.63) is 90.8 Å². The number of hydrogen-bond donors (Lipinski definition) is 2. The maximum atomic E-state index is 12.7. The average molecular weight is 618 g/mol. The van der Waals surface area contributed by atoms with Crippen LogP contribution in [0.1, 0.15) is 16.7 Å². The van der Waals surface area contributed by atoms with Crippen LogP contribution >= 0.6 is 43.5 Å². The maximum absolute atomic E-state index is 12.7. The van der Waals surface area contributed by atoms with Gasteiger partial charge in [0.05, 0.1) is 15.2 Å². The van der Waals surface area contributed by atoms with Crippen molar-refractivity contribution >= 4 is 72.7 Å². The fourth-order valence-corrected chi connectivity index (χ4v) is 4.73. The first-order chi connectivity index (χ1) is 16.7. The third-order valence-electron chi connectivity index (χ3n) is 4.83. The summed E-state index contributed by atoms with van der Waals surface area (Å²) in [5, 5.41) is 15.4. The average Bonchev–Trinajstić information content (AvgIpc) is 2.80. The van der Waals surface area contributed by atoms with Gasteiger partial charge in [0.15, 0.2) is 6.61 Å². The fourth-order valence-electron chi connectivity index (χ4n) is 3.17. The van der Waals surface area contributed by atoms with Crippen molar-refractivity contribution in [2.75, 3.05) is 17.2 Å². The van der Waals surface area contributed by atoms with Gasteiger partial charge in [-0.05, 0) is 71.7 Å². The van der Waals surface area contributed by atoms with Gasteiger partial charge in [0.2, 0.25) is 0 Å². The lowest BCUT2D eigenvalue weighted by Crippen LogP contribution is -2.21. The zero-order valence-corrected chi connectivity index (χ0v) is 22.7. The van der Waals surface area contributed by atoms with Crippen LogP contribution in [0.4, 0.5) is 11.4 Å². The Balaban J connectivity index is 1.81. The van der Waals surface area contributed by atoms with E-state index in [0.29, 0.717) is 36.7 Å². The van der Waals surface area contributed by atoms with Gasteiger partial charge in [-0.1, -0.05) is 57.4 Å². The minimum absolute atomic E-state index is 0.167. The molecule has 2 amide bonds. The van der Waals surface area contributed by atoms with E-state index < -0.39 is 5.91 Å². The van der Waals surface area contributed by atoms with Gasteiger partial charge in [0.25, 0.3) is 11.8 Å². The van der Waals surface area contributed by atoms with Crippen LogP contribution in [0.25, 0.3) is 6.08 Å². The number of benzene rings is 3. The first kappa shape index (κ1) is 26.5. The van der Waals surface area contributed by atoms with Crippen LogP contribution in [0.15, 0.2) is 69.1 Å². The predicted octanol–water partition coefficient (Wildman–Crippen LogP) is 7.05. The summed E-state index contributed by atoms with van der Waals surface area (Å²) in [6.07, 6.45) is 1.39. The molecule has 0 saturated carbocycles. The molecule has 0 aliphatic rings. The Bertz CT molecular complexity index is 1370. The number of halogens is 3. The molecule has 0 aliphatic heterocycles. The van der Waals surface area contributed by atoms with Gasteiger partial charge in [0.1, 0.15) is 17.4 Å². The Morgan fingerprint density at radius 2 is 1.80 bits per heavy atom. The summed E-state index contributed by atoms with van der Waals surface area (Å²) >= 11 is 12.9. The van der Waals surface area contributed by atoms with E-state index in [9.17, 15) is 14.9 Å². The number of hydrogen-bond acceptors (Lipinski definition) is 4. The molecule has 0 fully saturated rings. The zero-order valence-electron chi connectivity index (χ0n) is 18.8. The standard InChI is InChI=1S/C26H20Br2ClN3O3/c1-15-7-8-22(16(2)9-15)31-24(33)14-35-25-17(11-19(27)12-20(25)28)10-18(13-30)26(34)32-23-6-4-3-5-21(23)29/h3-12H,14H2,1-2H3,(H,31,33)(H,32,34)/b18-10+. The van der Waals surface area contributed by atoms with Gasteiger partial charge in [-0.15, -0.1) is 0 Å². The van der Waals surface area contributed by atoms with Crippen LogP contribution in [-0.2, 0) is 9.59 Å². The number of carbonyl (C=O) groups is 2. The molecule has 3 aromatic carbocycles. The van der Waals surface area contributed by atoms with Crippen molar-refractivity contribution < 1.29 is 14.3 Å². The van der Waals surface area contributed by atoms with Gasteiger partial charge in [-0.25, -0.2) is 0 Å². The summed E-state index contributed by atoms with van der Waals surface area (Å²) in [6, 6.07) is 17.8. The number of nitrogens with zero attached hydrogens (tertiary/aromatic N) is 1. The first-order valence-corrected chi connectivity index (χ1v) is 12.3. The zero-order chi connectivity index (χ0) is 25.5. The molecule has 9 heteroatoms. The van der Waals surface area contributed by atoms with Crippen LogP contribution in [0.2, 0.25) is 5.02 Å². The molecule has 2 N–H and O–H groups in total. The maximum Gasteiger partial charge on any atom is 0.266 e. The minimum Gasteiger partial charge on any atom is -0.482 e. The lowest BCUT2D eigenvalue weighted by atomic mass is 10.1. The Labute approximate surface area is 225 Å². The van der Waals surface area contributed by atoms with Gasteiger partial charge in [-0.3, -0.25) is 9.59 Å². The minimum atomic E-state index is -0.629. The molecule has 35 heavy (non-hydrogen) atoms. The van der Waals surface area contributed by atoms with Gasteiger partial charge < -0.3 is 15.4 Å². The van der Waals surface area contributed by atoms with Crippen LogP contribution in [0.3, 0.4) is 0 Å². The van der Waals surface area contributed by atoms with Crippen LogP contribution in [0.5, 0.6) is 5.75 Å². The molecule has 0 spiro atoms. The third-order valence-corrected chi connectivity index (χ3v) is 6.20. The normalized spacial score (nSPS) is 10.9. The molecule has 0 atom stereocenters. The van der Waals surface area contributed by atoms with E-state index in [0.717, 1.165) is 11.1 Å². The van der Waals surface area contributed by atoms with E-state index in [4.69, 9.17) is 16.3 Å². The smallest absolute Gasteiger partial charge is 0.266 e. The van der Waals surface area contributed by atoms with Crippen molar-refractivity contribution in [3.63, 3.8) is 0 Å². The monoisotopic (exact) mass is 615 g/mol. The summed E-state index contributed by atoms with van der Waals surface area (Å²) in [5.41, 5.74) is 3.38. The van der Waals surface area contributed by atoms with Crippen LogP contribution < -0.4 is 15.4 Å². The Kier molecular flexibility index (Phi) is 9.10. The Morgan fingerprint density at radius 1 is 1.06 bits per heavy atom. The van der Waals surface area contributed by atoms with Gasteiger partial charge in [-0.2, -0.15) is 5.26 Å². The fraction of sp³-hybridized carbons (Fsp3) is 0.115. The molecular weight excluding hydrogens is 598 g/mol. The lowest BCUT2D eigenvalue weighted by molar-refractivity contribution is -0.118. The molecule has 0 heterocycles. The quantitative estimate of drug-likeness (QED) is 0.220. The van der Waals surface area contributed by atoms with Crippen molar-refractivity contribution in [1.29, 1.82) is 5.26 Å². The highest BCUT2D eigenvalue weighted by molar-refractivity contribution is 9.11. The van der Waals surface area contributed by atoms with Crippen molar-refractivity contribution in [1.82, 2.24) is 0 Å². The summed E-state index contributed by atoms with van der Waals surface area (Å²) in [7, 11) is 0. The predicted molar refractivity (Wildman–Crippen MR) is 146 cm³/mol. The number of amides is 2. The molecule has 0 aromatic heterocycles. The second-order valence-corrected chi connectivity index (χ2v) is 9.74. The molecule has 0 saturated heterocycles. The second-order valence-electron chi connectivity index (χ2n) is 7.56. The number of aryl methyl sites for hydroxylation is 2. The molecule has 178 valence electrons. The van der Waals surface area contributed by atoms with Gasteiger partial charge in [0, 0.05) is 15.7 Å². The summed E-state index contributed by atoms with van der Waals surface area (Å²) in [6.45, 7) is 3.61. The summed E-state index contributed by atoms with van der Waals surface area (Å²) < 4.78 is 7.03. The number of ether oxygens (including phenoxy) is 1. The number of nitrogens with one attached hydrogen (secondary N) is 2. The van der Waals surface area contributed by atoms with E-state index >= 15 is 0 Å². The molecule has 0 unspecified atom stereocenters. The highest BCUT2D eigenvalue weighted by atomic mass is 79.9. The van der Waals surface area contributed by atoms with E-state index in [-0.39, 0.29) is 18.1 Å². The topological polar surface area (TPSA) is 91.2 Å². The molecule has 3 aromatic rings. The van der Waals surface area contributed by atoms with Crippen molar-refractivity contribution in [2.45, 2.75) is 13.8 Å². The molecule has 0 aliphatic carbocycles. The highest BCUT2D eigenvalue weighted by Crippen LogP contribution is 2.34. The Morgan fingerprint density at radius 3 is 2.49 bits per heavy atom. The second kappa shape index (κ2) is 12.0. The molecule has 0 bridgehead atoms.